The van der Waals surface area contributed by atoms with Gasteiger partial charge in [0.05, 0.1) is 23.5 Å². The largest absolute Gasteiger partial charge is 0.454 e. The van der Waals surface area contributed by atoms with Gasteiger partial charge < -0.3 is 4.42 Å². The van der Waals surface area contributed by atoms with Crippen molar-refractivity contribution < 1.29 is 8.81 Å². The van der Waals surface area contributed by atoms with Crippen LogP contribution in [0, 0.1) is 17.1 Å². The van der Waals surface area contributed by atoms with Gasteiger partial charge in [0.15, 0.2) is 5.76 Å². The number of hydrogen-bond donors (Lipinski definition) is 0. The van der Waals surface area contributed by atoms with E-state index in [0.29, 0.717) is 21.8 Å². The highest BCUT2D eigenvalue weighted by molar-refractivity contribution is 7.07. The van der Waals surface area contributed by atoms with Crippen LogP contribution in [0.5, 0.6) is 0 Å². The molecule has 0 bridgehead atoms. The molecule has 0 N–H and O–H groups in total. The fourth-order valence-corrected chi connectivity index (χ4v) is 4.00. The smallest absolute Gasteiger partial charge is 0.211 e. The third kappa shape index (κ3) is 4.00. The van der Waals surface area contributed by atoms with Crippen LogP contribution in [0.25, 0.3) is 22.4 Å². The lowest BCUT2D eigenvalue weighted by Gasteiger charge is -2.01. The Kier molecular flexibility index (Phi) is 5.20. The molecule has 0 aliphatic carbocycles. The van der Waals surface area contributed by atoms with Crippen molar-refractivity contribution in [1.29, 1.82) is 5.26 Å². The summed E-state index contributed by atoms with van der Waals surface area (Å²) < 4.78 is 21.0. The van der Waals surface area contributed by atoms with E-state index < -0.39 is 0 Å². The summed E-state index contributed by atoms with van der Waals surface area (Å²) in [5.41, 5.74) is 3.57. The van der Waals surface area contributed by atoms with Gasteiger partial charge in [-0.3, -0.25) is 0 Å². The SMILES string of the molecule is N#Cc1ccc(C=Nn2c(-c3cc4ccccc4o3)csc2=Nc2ccc(F)cc2)cc1. The Morgan fingerprint density at radius 2 is 1.78 bits per heavy atom. The molecule has 0 amide bonds. The van der Waals surface area contributed by atoms with E-state index in [9.17, 15) is 4.39 Å². The summed E-state index contributed by atoms with van der Waals surface area (Å²) in [6.07, 6.45) is 1.70. The molecule has 0 atom stereocenters. The van der Waals surface area contributed by atoms with Gasteiger partial charge in [0.25, 0.3) is 0 Å². The molecule has 0 saturated heterocycles. The Hall–Kier alpha value is -4.28. The monoisotopic (exact) mass is 438 g/mol. The lowest BCUT2D eigenvalue weighted by molar-refractivity contribution is 0.622. The standard InChI is InChI=1S/C25H15FN4OS/c26-20-9-11-21(12-10-20)29-25-30(28-15-18-7-5-17(14-27)6-8-18)22(16-32-25)24-13-19-3-1-2-4-23(19)31-24/h1-13,15-16H. The molecular weight excluding hydrogens is 423 g/mol. The molecule has 0 saturated carbocycles. The molecule has 5 rings (SSSR count). The van der Waals surface area contributed by atoms with Gasteiger partial charge in [0, 0.05) is 10.8 Å². The lowest BCUT2D eigenvalue weighted by Crippen LogP contribution is -2.11. The Labute approximate surface area is 186 Å². The minimum Gasteiger partial charge on any atom is -0.454 e. The van der Waals surface area contributed by atoms with Crippen LogP contribution < -0.4 is 4.80 Å². The molecule has 0 unspecified atom stereocenters. The van der Waals surface area contributed by atoms with Crippen molar-refractivity contribution in [2.24, 2.45) is 10.1 Å². The van der Waals surface area contributed by atoms with Crippen LogP contribution in [-0.2, 0) is 0 Å². The van der Waals surface area contributed by atoms with E-state index in [0.717, 1.165) is 22.2 Å². The van der Waals surface area contributed by atoms with E-state index in [4.69, 9.17) is 9.68 Å². The number of aromatic nitrogens is 1. The van der Waals surface area contributed by atoms with Crippen LogP contribution in [0.4, 0.5) is 10.1 Å². The van der Waals surface area contributed by atoms with E-state index in [2.05, 4.69) is 16.2 Å². The van der Waals surface area contributed by atoms with E-state index >= 15 is 0 Å². The van der Waals surface area contributed by atoms with Crippen molar-refractivity contribution in [3.63, 3.8) is 0 Å². The van der Waals surface area contributed by atoms with Crippen molar-refractivity contribution in [1.82, 2.24) is 4.68 Å². The lowest BCUT2D eigenvalue weighted by atomic mass is 10.2. The molecule has 7 heteroatoms. The predicted molar refractivity (Wildman–Crippen MR) is 123 cm³/mol. The average Bonchev–Trinajstić information content (AvgIpc) is 3.43. The third-order valence-electron chi connectivity index (χ3n) is 4.78. The normalized spacial score (nSPS) is 11.9. The van der Waals surface area contributed by atoms with Crippen molar-refractivity contribution >= 4 is 34.2 Å². The Morgan fingerprint density at radius 1 is 1.00 bits per heavy atom. The third-order valence-corrected chi connectivity index (χ3v) is 5.59. The number of hydrogen-bond acceptors (Lipinski definition) is 5. The zero-order valence-electron chi connectivity index (χ0n) is 16.6. The first kappa shape index (κ1) is 19.7. The molecule has 2 heterocycles. The first-order valence-electron chi connectivity index (χ1n) is 9.74. The second-order valence-corrected chi connectivity index (χ2v) is 7.77. The number of halogens is 1. The average molecular weight is 438 g/mol. The van der Waals surface area contributed by atoms with Crippen LogP contribution >= 0.6 is 11.3 Å². The minimum atomic E-state index is -0.315. The summed E-state index contributed by atoms with van der Waals surface area (Å²) in [6.45, 7) is 0. The second-order valence-electron chi connectivity index (χ2n) is 6.93. The number of fused-ring (bicyclic) bond motifs is 1. The quantitative estimate of drug-likeness (QED) is 0.319. The van der Waals surface area contributed by atoms with Gasteiger partial charge in [-0.15, -0.1) is 11.3 Å². The minimum absolute atomic E-state index is 0.315. The Bertz CT molecular complexity index is 1500. The Morgan fingerprint density at radius 3 is 2.53 bits per heavy atom. The van der Waals surface area contributed by atoms with Crippen LogP contribution in [0.1, 0.15) is 11.1 Å². The van der Waals surface area contributed by atoms with Crippen molar-refractivity contribution in [3.05, 3.63) is 106 Å². The van der Waals surface area contributed by atoms with Crippen molar-refractivity contribution in [2.45, 2.75) is 0 Å². The Balaban J connectivity index is 1.63. The molecule has 32 heavy (non-hydrogen) atoms. The summed E-state index contributed by atoms with van der Waals surface area (Å²) in [5.74, 6) is 0.352. The summed E-state index contributed by atoms with van der Waals surface area (Å²) in [4.78, 5) is 5.25. The van der Waals surface area contributed by atoms with E-state index in [-0.39, 0.29) is 5.82 Å². The predicted octanol–water partition coefficient (Wildman–Crippen LogP) is 6.09. The van der Waals surface area contributed by atoms with Gasteiger partial charge in [-0.2, -0.15) is 10.4 Å². The van der Waals surface area contributed by atoms with Crippen LogP contribution in [-0.4, -0.2) is 10.9 Å². The maximum atomic E-state index is 13.3. The van der Waals surface area contributed by atoms with Gasteiger partial charge >= 0.3 is 0 Å². The number of rotatable bonds is 4. The molecular formula is C25H15FN4OS. The summed E-state index contributed by atoms with van der Waals surface area (Å²) in [5, 5.41) is 16.6. The molecule has 154 valence electrons. The number of nitriles is 1. The second kappa shape index (κ2) is 8.46. The molecule has 0 aliphatic rings. The summed E-state index contributed by atoms with van der Waals surface area (Å²) in [7, 11) is 0. The van der Waals surface area contributed by atoms with Crippen molar-refractivity contribution in [2.75, 3.05) is 0 Å². The molecule has 0 fully saturated rings. The van der Waals surface area contributed by atoms with Crippen LogP contribution in [0.3, 0.4) is 0 Å². The van der Waals surface area contributed by atoms with Crippen LogP contribution in [0.15, 0.2) is 98.8 Å². The molecule has 5 nitrogen and oxygen atoms in total. The van der Waals surface area contributed by atoms with Gasteiger partial charge in [-0.1, -0.05) is 30.3 Å². The fraction of sp³-hybridized carbons (Fsp3) is 0. The van der Waals surface area contributed by atoms with E-state index in [1.54, 1.807) is 35.2 Å². The highest BCUT2D eigenvalue weighted by atomic mass is 32.1. The highest BCUT2D eigenvalue weighted by Gasteiger charge is 2.13. The molecule has 2 aromatic heterocycles. The summed E-state index contributed by atoms with van der Waals surface area (Å²) in [6, 6.07) is 25.0. The highest BCUT2D eigenvalue weighted by Crippen LogP contribution is 2.28. The first-order valence-corrected chi connectivity index (χ1v) is 10.6. The number of para-hydroxylation sites is 1. The maximum absolute atomic E-state index is 13.3. The molecule has 5 aromatic rings. The fourth-order valence-electron chi connectivity index (χ4n) is 3.16. The first-order chi connectivity index (χ1) is 15.7. The van der Waals surface area contributed by atoms with Gasteiger partial charge in [0.1, 0.15) is 17.1 Å². The topological polar surface area (TPSA) is 66.6 Å². The maximum Gasteiger partial charge on any atom is 0.211 e. The summed E-state index contributed by atoms with van der Waals surface area (Å²) >= 11 is 1.41. The van der Waals surface area contributed by atoms with Gasteiger partial charge in [0.2, 0.25) is 4.80 Å². The van der Waals surface area contributed by atoms with E-state index in [1.165, 1.54) is 23.5 Å². The van der Waals surface area contributed by atoms with E-state index in [1.807, 2.05) is 47.8 Å². The number of benzene rings is 3. The zero-order valence-corrected chi connectivity index (χ0v) is 17.5. The molecule has 0 aliphatic heterocycles. The molecule has 3 aromatic carbocycles. The van der Waals surface area contributed by atoms with Crippen LogP contribution in [0.2, 0.25) is 0 Å². The number of furan rings is 1. The van der Waals surface area contributed by atoms with Gasteiger partial charge in [-0.05, 0) is 54.1 Å². The molecule has 0 spiro atoms. The zero-order chi connectivity index (χ0) is 21.9. The molecule has 0 radical (unpaired) electrons. The van der Waals surface area contributed by atoms with Crippen molar-refractivity contribution in [3.8, 4) is 17.5 Å². The number of nitrogens with zero attached hydrogens (tertiary/aromatic N) is 4. The van der Waals surface area contributed by atoms with Gasteiger partial charge in [-0.25, -0.2) is 14.1 Å². The number of thiazole rings is 1.